The van der Waals surface area contributed by atoms with Gasteiger partial charge in [-0.05, 0) is 36.4 Å². The molecule has 154 valence electrons. The summed E-state index contributed by atoms with van der Waals surface area (Å²) in [6.45, 7) is -0.498. The highest BCUT2D eigenvalue weighted by Crippen LogP contribution is 2.22. The quantitative estimate of drug-likeness (QED) is 0.435. The van der Waals surface area contributed by atoms with E-state index in [0.29, 0.717) is 11.3 Å². The Morgan fingerprint density at radius 1 is 0.839 bits per heavy atom. The summed E-state index contributed by atoms with van der Waals surface area (Å²) in [4.78, 5) is 24.6. The van der Waals surface area contributed by atoms with Crippen molar-refractivity contribution in [2.24, 2.45) is 0 Å². The van der Waals surface area contributed by atoms with Gasteiger partial charge in [0.1, 0.15) is 0 Å². The number of nitrogens with one attached hydrogen (secondary N) is 2. The normalized spacial score (nSPS) is 10.3. The van der Waals surface area contributed by atoms with Crippen LogP contribution < -0.4 is 10.6 Å². The minimum atomic E-state index is -0.635. The summed E-state index contributed by atoms with van der Waals surface area (Å²) in [5.41, 5.74) is 2.43. The average Bonchev–Trinajstić information content (AvgIpc) is 3.27. The second-order valence-electron chi connectivity index (χ2n) is 6.44. The van der Waals surface area contributed by atoms with Crippen LogP contribution >= 0.6 is 0 Å². The number of ether oxygens (including phenoxy) is 1. The Labute approximate surface area is 177 Å². The van der Waals surface area contributed by atoms with Crippen LogP contribution in [-0.4, -0.2) is 28.7 Å². The van der Waals surface area contributed by atoms with Crippen LogP contribution in [0.3, 0.4) is 0 Å². The lowest BCUT2D eigenvalue weighted by molar-refractivity contribution is -0.119. The topological polar surface area (TPSA) is 106 Å². The lowest BCUT2D eigenvalue weighted by Crippen LogP contribution is -2.21. The van der Waals surface area contributed by atoms with Gasteiger partial charge < -0.3 is 14.5 Å². The Morgan fingerprint density at radius 2 is 1.52 bits per heavy atom. The van der Waals surface area contributed by atoms with Crippen LogP contribution in [0.1, 0.15) is 10.4 Å². The number of hydrogen-bond acceptors (Lipinski definition) is 7. The number of rotatable bonds is 7. The van der Waals surface area contributed by atoms with Gasteiger partial charge in [-0.3, -0.25) is 10.1 Å². The predicted octanol–water partition coefficient (Wildman–Crippen LogP) is 4.28. The molecule has 0 saturated heterocycles. The number of carbonyl (C=O) groups is 2. The van der Waals surface area contributed by atoms with E-state index in [1.165, 1.54) is 0 Å². The zero-order valence-corrected chi connectivity index (χ0v) is 16.3. The van der Waals surface area contributed by atoms with Crippen molar-refractivity contribution in [3.8, 4) is 11.5 Å². The van der Waals surface area contributed by atoms with Gasteiger partial charge >= 0.3 is 12.0 Å². The number of para-hydroxylation sites is 2. The second kappa shape index (κ2) is 9.36. The van der Waals surface area contributed by atoms with Crippen LogP contribution in [0, 0.1) is 0 Å². The van der Waals surface area contributed by atoms with E-state index >= 15 is 0 Å². The first-order valence-corrected chi connectivity index (χ1v) is 9.46. The fourth-order valence-corrected chi connectivity index (χ4v) is 2.78. The Hall–Kier alpha value is -4.46. The van der Waals surface area contributed by atoms with Crippen molar-refractivity contribution < 1.29 is 18.7 Å². The predicted molar refractivity (Wildman–Crippen MR) is 115 cm³/mol. The molecular weight excluding hydrogens is 396 g/mol. The van der Waals surface area contributed by atoms with E-state index in [2.05, 4.69) is 20.8 Å². The molecule has 4 aromatic rings. The Kier molecular flexibility index (Phi) is 5.99. The standard InChI is InChI=1S/C23H18N4O4/c28-20(25-23-27-26-21(31-23)16-9-3-1-4-10-16)15-30-22(29)18-13-7-8-14-19(18)24-17-11-5-2-6-12-17/h1-14,24H,15H2,(H,25,27,28). The highest BCUT2D eigenvalue weighted by molar-refractivity contribution is 5.98. The highest BCUT2D eigenvalue weighted by atomic mass is 16.5. The molecule has 3 aromatic carbocycles. The molecule has 1 heterocycles. The van der Waals surface area contributed by atoms with E-state index in [1.807, 2.05) is 60.7 Å². The molecule has 0 aliphatic heterocycles. The van der Waals surface area contributed by atoms with E-state index in [4.69, 9.17) is 9.15 Å². The largest absolute Gasteiger partial charge is 0.452 e. The minimum absolute atomic E-state index is 0.0777. The summed E-state index contributed by atoms with van der Waals surface area (Å²) in [5, 5.41) is 13.3. The molecule has 0 radical (unpaired) electrons. The van der Waals surface area contributed by atoms with E-state index in [1.54, 1.807) is 24.3 Å². The number of esters is 1. The van der Waals surface area contributed by atoms with Crippen molar-refractivity contribution in [1.82, 2.24) is 10.2 Å². The van der Waals surface area contributed by atoms with E-state index in [0.717, 1.165) is 11.3 Å². The maximum Gasteiger partial charge on any atom is 0.340 e. The molecule has 8 heteroatoms. The molecule has 1 aromatic heterocycles. The first-order chi connectivity index (χ1) is 15.2. The van der Waals surface area contributed by atoms with E-state index in [-0.39, 0.29) is 11.9 Å². The highest BCUT2D eigenvalue weighted by Gasteiger charge is 2.16. The van der Waals surface area contributed by atoms with Crippen LogP contribution in [-0.2, 0) is 9.53 Å². The maximum atomic E-state index is 12.5. The number of anilines is 3. The van der Waals surface area contributed by atoms with Crippen LogP contribution in [0.25, 0.3) is 11.5 Å². The molecule has 1 amide bonds. The third kappa shape index (κ3) is 5.13. The van der Waals surface area contributed by atoms with Gasteiger partial charge in [0.15, 0.2) is 6.61 Å². The summed E-state index contributed by atoms with van der Waals surface area (Å²) < 4.78 is 10.6. The van der Waals surface area contributed by atoms with E-state index in [9.17, 15) is 9.59 Å². The van der Waals surface area contributed by atoms with Gasteiger partial charge in [-0.1, -0.05) is 53.6 Å². The first kappa shape index (κ1) is 19.8. The Balaban J connectivity index is 1.35. The molecular formula is C23H18N4O4. The molecule has 0 saturated carbocycles. The summed E-state index contributed by atoms with van der Waals surface area (Å²) in [6, 6.07) is 25.4. The molecule has 0 fully saturated rings. The zero-order chi connectivity index (χ0) is 21.5. The summed E-state index contributed by atoms with van der Waals surface area (Å²) >= 11 is 0. The maximum absolute atomic E-state index is 12.5. The van der Waals surface area contributed by atoms with E-state index < -0.39 is 18.5 Å². The van der Waals surface area contributed by atoms with Crippen molar-refractivity contribution in [2.75, 3.05) is 17.2 Å². The third-order valence-electron chi connectivity index (χ3n) is 4.23. The summed E-state index contributed by atoms with van der Waals surface area (Å²) in [5.74, 6) is -0.955. The van der Waals surface area contributed by atoms with Gasteiger partial charge in [-0.25, -0.2) is 4.79 Å². The summed E-state index contributed by atoms with van der Waals surface area (Å²) in [6.07, 6.45) is 0. The lowest BCUT2D eigenvalue weighted by atomic mass is 10.1. The molecule has 0 bridgehead atoms. The molecule has 0 atom stereocenters. The van der Waals surface area contributed by atoms with Gasteiger partial charge in [0.25, 0.3) is 5.91 Å². The number of benzene rings is 3. The van der Waals surface area contributed by atoms with Gasteiger partial charge in [0.2, 0.25) is 5.89 Å². The van der Waals surface area contributed by atoms with Crippen LogP contribution in [0.4, 0.5) is 17.4 Å². The number of carbonyl (C=O) groups excluding carboxylic acids is 2. The molecule has 2 N–H and O–H groups in total. The van der Waals surface area contributed by atoms with Gasteiger partial charge in [0, 0.05) is 11.3 Å². The van der Waals surface area contributed by atoms with Crippen molar-refractivity contribution in [3.63, 3.8) is 0 Å². The average molecular weight is 414 g/mol. The Bertz CT molecular complexity index is 1180. The van der Waals surface area contributed by atoms with Crippen molar-refractivity contribution in [1.29, 1.82) is 0 Å². The number of hydrogen-bond donors (Lipinski definition) is 2. The molecule has 0 aliphatic rings. The first-order valence-electron chi connectivity index (χ1n) is 9.46. The van der Waals surface area contributed by atoms with Gasteiger partial charge in [-0.15, -0.1) is 5.10 Å². The second-order valence-corrected chi connectivity index (χ2v) is 6.44. The van der Waals surface area contributed by atoms with Crippen LogP contribution in [0.15, 0.2) is 89.3 Å². The van der Waals surface area contributed by atoms with Gasteiger partial charge in [-0.2, -0.15) is 0 Å². The molecule has 0 unspecified atom stereocenters. The zero-order valence-electron chi connectivity index (χ0n) is 16.3. The minimum Gasteiger partial charge on any atom is -0.452 e. The number of nitrogens with zero attached hydrogens (tertiary/aromatic N) is 2. The lowest BCUT2D eigenvalue weighted by Gasteiger charge is -2.11. The van der Waals surface area contributed by atoms with Crippen molar-refractivity contribution >= 4 is 29.3 Å². The third-order valence-corrected chi connectivity index (χ3v) is 4.23. The Morgan fingerprint density at radius 3 is 2.29 bits per heavy atom. The smallest absolute Gasteiger partial charge is 0.340 e. The molecule has 0 aliphatic carbocycles. The van der Waals surface area contributed by atoms with Crippen molar-refractivity contribution in [2.45, 2.75) is 0 Å². The molecule has 8 nitrogen and oxygen atoms in total. The fraction of sp³-hybridized carbons (Fsp3) is 0.0435. The van der Waals surface area contributed by atoms with Crippen LogP contribution in [0.5, 0.6) is 0 Å². The number of amides is 1. The summed E-state index contributed by atoms with van der Waals surface area (Å²) in [7, 11) is 0. The molecule has 4 rings (SSSR count). The SMILES string of the molecule is O=C(COC(=O)c1ccccc1Nc1ccccc1)Nc1nnc(-c2ccccc2)o1. The van der Waals surface area contributed by atoms with Gasteiger partial charge in [0.05, 0.1) is 11.3 Å². The monoisotopic (exact) mass is 414 g/mol. The van der Waals surface area contributed by atoms with Crippen molar-refractivity contribution in [3.05, 3.63) is 90.5 Å². The fourth-order valence-electron chi connectivity index (χ4n) is 2.78. The molecule has 31 heavy (non-hydrogen) atoms. The van der Waals surface area contributed by atoms with Crippen LogP contribution in [0.2, 0.25) is 0 Å². The number of aromatic nitrogens is 2. The molecule has 0 spiro atoms.